The average Bonchev–Trinajstić information content (AvgIpc) is 2.99. The smallest absolute Gasteiger partial charge is 0.245 e. The Balaban J connectivity index is 1.47. The molecule has 0 saturated heterocycles. The Labute approximate surface area is 157 Å². The zero-order chi connectivity index (χ0) is 18.2. The largest absolute Gasteiger partial charge is 0.343 e. The van der Waals surface area contributed by atoms with Crippen molar-refractivity contribution in [2.75, 3.05) is 11.9 Å². The maximum Gasteiger partial charge on any atom is 0.245 e. The molecule has 0 spiro atoms. The van der Waals surface area contributed by atoms with Gasteiger partial charge in [0.1, 0.15) is 0 Å². The van der Waals surface area contributed by atoms with Crippen LogP contribution in [0.25, 0.3) is 6.08 Å². The highest BCUT2D eigenvalue weighted by molar-refractivity contribution is 7.15. The first-order chi connectivity index (χ1) is 12.7. The fraction of sp³-hybridized carbons (Fsp3) is 0.350. The number of nitrogens with one attached hydrogen (secondary N) is 2. The van der Waals surface area contributed by atoms with Crippen molar-refractivity contribution in [2.24, 2.45) is 0 Å². The third-order valence-electron chi connectivity index (χ3n) is 4.24. The SMILES string of the molecule is O=C(/C=C/c1ccccc1)NCC(=O)Nc1nc2c(s1)CCCCCC2. The number of carbonyl (C=O) groups excluding carboxylic acids is 2. The number of carbonyl (C=O) groups is 2. The predicted molar refractivity (Wildman–Crippen MR) is 105 cm³/mol. The highest BCUT2D eigenvalue weighted by Crippen LogP contribution is 2.28. The monoisotopic (exact) mass is 369 g/mol. The summed E-state index contributed by atoms with van der Waals surface area (Å²) in [4.78, 5) is 29.7. The maximum atomic E-state index is 12.1. The molecule has 0 radical (unpaired) electrons. The van der Waals surface area contributed by atoms with Crippen molar-refractivity contribution in [3.8, 4) is 0 Å². The van der Waals surface area contributed by atoms with Gasteiger partial charge in [0.2, 0.25) is 11.8 Å². The minimum Gasteiger partial charge on any atom is -0.343 e. The van der Waals surface area contributed by atoms with Crippen molar-refractivity contribution in [3.63, 3.8) is 0 Å². The van der Waals surface area contributed by atoms with Gasteiger partial charge in [0.05, 0.1) is 12.2 Å². The number of nitrogens with zero attached hydrogens (tertiary/aromatic N) is 1. The molecule has 5 nitrogen and oxygen atoms in total. The molecule has 0 atom stereocenters. The van der Waals surface area contributed by atoms with Gasteiger partial charge in [-0.15, -0.1) is 11.3 Å². The zero-order valence-electron chi connectivity index (χ0n) is 14.7. The highest BCUT2D eigenvalue weighted by Gasteiger charge is 2.14. The topological polar surface area (TPSA) is 71.1 Å². The van der Waals surface area contributed by atoms with E-state index in [0.29, 0.717) is 5.13 Å². The summed E-state index contributed by atoms with van der Waals surface area (Å²) >= 11 is 1.56. The van der Waals surface area contributed by atoms with Crippen LogP contribution in [0.1, 0.15) is 41.8 Å². The van der Waals surface area contributed by atoms with E-state index in [1.807, 2.05) is 30.3 Å². The van der Waals surface area contributed by atoms with Gasteiger partial charge in [-0.1, -0.05) is 43.2 Å². The van der Waals surface area contributed by atoms with Crippen LogP contribution >= 0.6 is 11.3 Å². The number of aryl methyl sites for hydroxylation is 2. The Bertz CT molecular complexity index is 758. The Morgan fingerprint density at radius 3 is 2.65 bits per heavy atom. The van der Waals surface area contributed by atoms with Crippen LogP contribution in [0.15, 0.2) is 36.4 Å². The molecule has 1 aromatic carbocycles. The lowest BCUT2D eigenvalue weighted by Gasteiger charge is -2.06. The third kappa shape index (κ3) is 5.52. The fourth-order valence-electron chi connectivity index (χ4n) is 2.88. The van der Waals surface area contributed by atoms with Crippen molar-refractivity contribution in [1.82, 2.24) is 10.3 Å². The molecule has 0 fully saturated rings. The molecule has 2 amide bonds. The summed E-state index contributed by atoms with van der Waals surface area (Å²) in [5, 5.41) is 6.03. The molecule has 0 unspecified atom stereocenters. The quantitative estimate of drug-likeness (QED) is 0.792. The van der Waals surface area contributed by atoms with E-state index >= 15 is 0 Å². The van der Waals surface area contributed by atoms with E-state index < -0.39 is 0 Å². The fourth-order valence-corrected chi connectivity index (χ4v) is 3.95. The van der Waals surface area contributed by atoms with Crippen LogP contribution in [0, 0.1) is 0 Å². The Morgan fingerprint density at radius 1 is 1.08 bits per heavy atom. The lowest BCUT2D eigenvalue weighted by molar-refractivity contribution is -0.121. The molecule has 3 rings (SSSR count). The number of fused-ring (bicyclic) bond motifs is 1. The van der Waals surface area contributed by atoms with Crippen molar-refractivity contribution in [1.29, 1.82) is 0 Å². The highest BCUT2D eigenvalue weighted by atomic mass is 32.1. The molecule has 0 saturated carbocycles. The number of hydrogen-bond acceptors (Lipinski definition) is 4. The number of benzene rings is 1. The summed E-state index contributed by atoms with van der Waals surface area (Å²) in [6, 6.07) is 9.54. The van der Waals surface area contributed by atoms with Gasteiger partial charge < -0.3 is 10.6 Å². The molecule has 1 aliphatic rings. The van der Waals surface area contributed by atoms with Gasteiger partial charge in [0.25, 0.3) is 0 Å². The molecule has 6 heteroatoms. The molecule has 0 aliphatic heterocycles. The molecule has 136 valence electrons. The van der Waals surface area contributed by atoms with Crippen LogP contribution in [0.3, 0.4) is 0 Å². The maximum absolute atomic E-state index is 12.1. The minimum absolute atomic E-state index is 0.0673. The Kier molecular flexibility index (Phi) is 6.55. The van der Waals surface area contributed by atoms with Gasteiger partial charge >= 0.3 is 0 Å². The molecule has 1 heterocycles. The van der Waals surface area contributed by atoms with Crippen LogP contribution in [-0.4, -0.2) is 23.3 Å². The number of hydrogen-bond donors (Lipinski definition) is 2. The van der Waals surface area contributed by atoms with Crippen LogP contribution < -0.4 is 10.6 Å². The van der Waals surface area contributed by atoms with E-state index in [1.54, 1.807) is 17.4 Å². The first-order valence-electron chi connectivity index (χ1n) is 9.00. The molecule has 1 aliphatic carbocycles. The second-order valence-electron chi connectivity index (χ2n) is 6.31. The molecular weight excluding hydrogens is 346 g/mol. The lowest BCUT2D eigenvalue weighted by Crippen LogP contribution is -2.31. The minimum atomic E-state index is -0.296. The van der Waals surface area contributed by atoms with E-state index in [1.165, 1.54) is 30.2 Å². The Morgan fingerprint density at radius 2 is 1.85 bits per heavy atom. The summed E-state index contributed by atoms with van der Waals surface area (Å²) in [5.41, 5.74) is 2.06. The number of amides is 2. The first-order valence-corrected chi connectivity index (χ1v) is 9.82. The summed E-state index contributed by atoms with van der Waals surface area (Å²) < 4.78 is 0. The molecule has 2 aromatic rings. The van der Waals surface area contributed by atoms with E-state index in [0.717, 1.165) is 30.5 Å². The van der Waals surface area contributed by atoms with E-state index in [4.69, 9.17) is 0 Å². The van der Waals surface area contributed by atoms with Crippen molar-refractivity contribution in [3.05, 3.63) is 52.5 Å². The first kappa shape index (κ1) is 18.3. The Hall–Kier alpha value is -2.47. The third-order valence-corrected chi connectivity index (χ3v) is 5.31. The van der Waals surface area contributed by atoms with Crippen molar-refractivity contribution >= 4 is 34.4 Å². The van der Waals surface area contributed by atoms with Crippen molar-refractivity contribution in [2.45, 2.75) is 38.5 Å². The van der Waals surface area contributed by atoms with Gasteiger partial charge in [0.15, 0.2) is 5.13 Å². The van der Waals surface area contributed by atoms with Crippen LogP contribution in [-0.2, 0) is 22.4 Å². The number of thiazole rings is 1. The standard InChI is InChI=1S/C20H23N3O2S/c24-18(13-12-15-8-4-3-5-9-15)21-14-19(25)23-20-22-16-10-6-1-2-7-11-17(16)26-20/h3-5,8-9,12-13H,1-2,6-7,10-11,14H2,(H,21,24)(H,22,23,25)/b13-12+. The number of aromatic nitrogens is 1. The van der Waals surface area contributed by atoms with Crippen LogP contribution in [0.2, 0.25) is 0 Å². The number of rotatable bonds is 5. The van der Waals surface area contributed by atoms with E-state index in [2.05, 4.69) is 15.6 Å². The van der Waals surface area contributed by atoms with Gasteiger partial charge in [-0.25, -0.2) is 4.98 Å². The lowest BCUT2D eigenvalue weighted by atomic mass is 10.0. The second-order valence-corrected chi connectivity index (χ2v) is 7.40. The predicted octanol–water partition coefficient (Wildman–Crippen LogP) is 3.57. The molecule has 0 bridgehead atoms. The van der Waals surface area contributed by atoms with Gasteiger partial charge in [0, 0.05) is 11.0 Å². The summed E-state index contributed by atoms with van der Waals surface area (Å²) in [5.74, 6) is -0.552. The van der Waals surface area contributed by atoms with Crippen LogP contribution in [0.5, 0.6) is 0 Å². The molecule has 2 N–H and O–H groups in total. The molecule has 26 heavy (non-hydrogen) atoms. The summed E-state index contributed by atoms with van der Waals surface area (Å²) in [6.45, 7) is -0.0673. The van der Waals surface area contributed by atoms with Gasteiger partial charge in [-0.2, -0.15) is 0 Å². The van der Waals surface area contributed by atoms with Gasteiger partial charge in [-0.3, -0.25) is 9.59 Å². The number of anilines is 1. The second kappa shape index (κ2) is 9.29. The van der Waals surface area contributed by atoms with Crippen molar-refractivity contribution < 1.29 is 9.59 Å². The molecular formula is C20H23N3O2S. The summed E-state index contributed by atoms with van der Waals surface area (Å²) in [6.07, 6.45) is 10.0. The van der Waals surface area contributed by atoms with Crippen LogP contribution in [0.4, 0.5) is 5.13 Å². The van der Waals surface area contributed by atoms with Gasteiger partial charge in [-0.05, 0) is 37.3 Å². The van der Waals surface area contributed by atoms with E-state index in [9.17, 15) is 9.59 Å². The zero-order valence-corrected chi connectivity index (χ0v) is 15.5. The normalized spacial score (nSPS) is 14.3. The molecule has 1 aromatic heterocycles. The average molecular weight is 369 g/mol. The van der Waals surface area contributed by atoms with E-state index in [-0.39, 0.29) is 18.4 Å². The summed E-state index contributed by atoms with van der Waals surface area (Å²) in [7, 11) is 0.